The molecule has 0 atom stereocenters. The lowest BCUT2D eigenvalue weighted by Crippen LogP contribution is -1.86. The minimum Gasteiger partial charge on any atom is -0.225 e. The number of pyridine rings is 1. The lowest BCUT2D eigenvalue weighted by Gasteiger charge is -1.93. The van der Waals surface area contributed by atoms with Crippen molar-refractivity contribution < 1.29 is 4.39 Å². The molecule has 0 unspecified atom stereocenters. The first-order chi connectivity index (χ1) is 4.18. The van der Waals surface area contributed by atoms with Crippen molar-refractivity contribution in [1.29, 1.82) is 0 Å². The highest BCUT2D eigenvalue weighted by Crippen LogP contribution is 2.01. The number of hydrogen-bond acceptors (Lipinski definition) is 1. The highest BCUT2D eigenvalue weighted by Gasteiger charge is 1.92. The van der Waals surface area contributed by atoms with Crippen LogP contribution in [-0.4, -0.2) is 4.98 Å². The lowest BCUT2D eigenvalue weighted by atomic mass is 10.2. The largest absolute Gasteiger partial charge is 0.225 e. The van der Waals surface area contributed by atoms with Gasteiger partial charge >= 0.3 is 0 Å². The summed E-state index contributed by atoms with van der Waals surface area (Å²) in [7, 11) is 0. The van der Waals surface area contributed by atoms with Crippen LogP contribution in [0.25, 0.3) is 0 Å². The highest BCUT2D eigenvalue weighted by atomic mass is 19.1. The fourth-order valence-corrected chi connectivity index (χ4v) is 0.792. The van der Waals surface area contributed by atoms with Crippen LogP contribution in [0.5, 0.6) is 0 Å². The number of nitrogens with zero attached hydrogens (tertiary/aromatic N) is 1. The Morgan fingerprint density at radius 1 is 1.33 bits per heavy atom. The minimum atomic E-state index is -0.396. The molecule has 2 heteroatoms. The fraction of sp³-hybridized carbons (Fsp3) is 0.286. The molecule has 1 heterocycles. The van der Waals surface area contributed by atoms with Gasteiger partial charge in [-0.3, -0.25) is 0 Å². The first-order valence-corrected chi connectivity index (χ1v) is 2.79. The van der Waals surface area contributed by atoms with Gasteiger partial charge in [0.1, 0.15) is 0 Å². The van der Waals surface area contributed by atoms with E-state index in [1.165, 1.54) is 6.07 Å². The van der Waals surface area contributed by atoms with Gasteiger partial charge in [-0.2, -0.15) is 4.39 Å². The molecular formula is C7H8FN. The molecule has 1 rings (SSSR count). The molecule has 0 fully saturated rings. The van der Waals surface area contributed by atoms with Crippen LogP contribution in [0.15, 0.2) is 12.1 Å². The molecule has 48 valence electrons. The van der Waals surface area contributed by atoms with E-state index < -0.39 is 5.95 Å². The summed E-state index contributed by atoms with van der Waals surface area (Å²) in [5.41, 5.74) is 1.65. The minimum absolute atomic E-state index is 0.396. The first kappa shape index (κ1) is 6.20. The third-order valence-corrected chi connectivity index (χ3v) is 1.07. The van der Waals surface area contributed by atoms with Crippen molar-refractivity contribution in [2.75, 3.05) is 0 Å². The Morgan fingerprint density at radius 3 is 2.44 bits per heavy atom. The molecule has 1 nitrogen and oxygen atoms in total. The molecule has 0 saturated carbocycles. The second-order valence-electron chi connectivity index (χ2n) is 2.11. The third-order valence-electron chi connectivity index (χ3n) is 1.07. The summed E-state index contributed by atoms with van der Waals surface area (Å²) < 4.78 is 12.3. The summed E-state index contributed by atoms with van der Waals surface area (Å²) in [6, 6.07) is 3.25. The summed E-state index contributed by atoms with van der Waals surface area (Å²) in [4.78, 5) is 3.57. The van der Waals surface area contributed by atoms with Crippen LogP contribution >= 0.6 is 0 Å². The van der Waals surface area contributed by atoms with Crippen LogP contribution in [0.3, 0.4) is 0 Å². The van der Waals surface area contributed by atoms with Crippen molar-refractivity contribution in [1.82, 2.24) is 4.98 Å². The molecule has 0 aliphatic heterocycles. The average Bonchev–Trinajstić information content (AvgIpc) is 1.59. The third kappa shape index (κ3) is 1.49. The van der Waals surface area contributed by atoms with E-state index in [0.717, 1.165) is 11.3 Å². The summed E-state index contributed by atoms with van der Waals surface area (Å²) in [5, 5.41) is 0. The zero-order valence-corrected chi connectivity index (χ0v) is 5.48. The quantitative estimate of drug-likeness (QED) is 0.482. The van der Waals surface area contributed by atoms with Crippen LogP contribution in [-0.2, 0) is 0 Å². The summed E-state index contributed by atoms with van der Waals surface area (Å²) >= 11 is 0. The van der Waals surface area contributed by atoms with E-state index in [9.17, 15) is 4.39 Å². The number of hydrogen-bond donors (Lipinski definition) is 0. The average molecular weight is 125 g/mol. The molecule has 0 aliphatic carbocycles. The van der Waals surface area contributed by atoms with Gasteiger partial charge in [-0.15, -0.1) is 0 Å². The Hall–Kier alpha value is -0.920. The molecule has 0 amide bonds. The van der Waals surface area contributed by atoms with Crippen LogP contribution in [0, 0.1) is 19.8 Å². The number of aryl methyl sites for hydroxylation is 2. The standard InChI is InChI=1S/C7H8FN/c1-5-3-6(2)9-7(8)4-5/h3-4H,1-2H3. The van der Waals surface area contributed by atoms with E-state index >= 15 is 0 Å². The van der Waals surface area contributed by atoms with E-state index in [4.69, 9.17) is 0 Å². The smallest absolute Gasteiger partial charge is 0.213 e. The topological polar surface area (TPSA) is 12.9 Å². The van der Waals surface area contributed by atoms with Crippen molar-refractivity contribution in [3.05, 3.63) is 29.3 Å². The van der Waals surface area contributed by atoms with E-state index in [1.807, 2.05) is 13.0 Å². The normalized spacial score (nSPS) is 9.67. The van der Waals surface area contributed by atoms with Crippen LogP contribution in [0.1, 0.15) is 11.3 Å². The van der Waals surface area contributed by atoms with Crippen LogP contribution < -0.4 is 0 Å². The van der Waals surface area contributed by atoms with Gasteiger partial charge in [0.25, 0.3) is 0 Å². The van der Waals surface area contributed by atoms with Gasteiger partial charge in [0.2, 0.25) is 5.95 Å². The molecule has 9 heavy (non-hydrogen) atoms. The second-order valence-corrected chi connectivity index (χ2v) is 2.11. The van der Waals surface area contributed by atoms with E-state index in [2.05, 4.69) is 4.98 Å². The molecule has 0 bridgehead atoms. The molecule has 0 aromatic carbocycles. The lowest BCUT2D eigenvalue weighted by molar-refractivity contribution is 0.578. The summed E-state index contributed by atoms with van der Waals surface area (Å²) in [6.45, 7) is 3.62. The number of rotatable bonds is 0. The van der Waals surface area contributed by atoms with Gasteiger partial charge in [0.05, 0.1) is 0 Å². The van der Waals surface area contributed by atoms with E-state index in [-0.39, 0.29) is 0 Å². The van der Waals surface area contributed by atoms with Gasteiger partial charge in [0.15, 0.2) is 0 Å². The van der Waals surface area contributed by atoms with Crippen molar-refractivity contribution in [2.45, 2.75) is 13.8 Å². The van der Waals surface area contributed by atoms with Gasteiger partial charge in [0, 0.05) is 5.69 Å². The van der Waals surface area contributed by atoms with Crippen molar-refractivity contribution in [2.24, 2.45) is 0 Å². The summed E-state index contributed by atoms with van der Waals surface area (Å²) in [6.07, 6.45) is 0. The molecule has 0 spiro atoms. The fourth-order valence-electron chi connectivity index (χ4n) is 0.792. The van der Waals surface area contributed by atoms with Gasteiger partial charge in [-0.25, -0.2) is 4.98 Å². The Morgan fingerprint density at radius 2 is 2.00 bits per heavy atom. The van der Waals surface area contributed by atoms with Crippen molar-refractivity contribution in [3.8, 4) is 0 Å². The van der Waals surface area contributed by atoms with Crippen molar-refractivity contribution in [3.63, 3.8) is 0 Å². The number of halogens is 1. The molecule has 1 aromatic rings. The zero-order chi connectivity index (χ0) is 6.85. The van der Waals surface area contributed by atoms with Gasteiger partial charge < -0.3 is 0 Å². The molecule has 1 aromatic heterocycles. The van der Waals surface area contributed by atoms with Crippen molar-refractivity contribution >= 4 is 0 Å². The molecule has 0 radical (unpaired) electrons. The Bertz CT molecular complexity index is 170. The Labute approximate surface area is 53.5 Å². The monoisotopic (exact) mass is 125 g/mol. The molecule has 0 aliphatic rings. The predicted molar refractivity (Wildman–Crippen MR) is 33.7 cm³/mol. The van der Waals surface area contributed by atoms with Crippen LogP contribution in [0.4, 0.5) is 4.39 Å². The Balaban J connectivity index is 3.17. The summed E-state index contributed by atoms with van der Waals surface area (Å²) in [5.74, 6) is -0.396. The maximum absolute atomic E-state index is 12.3. The second kappa shape index (κ2) is 2.13. The highest BCUT2D eigenvalue weighted by molar-refractivity contribution is 5.13. The van der Waals surface area contributed by atoms with Crippen LogP contribution in [0.2, 0.25) is 0 Å². The Kier molecular flexibility index (Phi) is 1.47. The zero-order valence-electron chi connectivity index (χ0n) is 5.48. The van der Waals surface area contributed by atoms with Gasteiger partial charge in [-0.05, 0) is 31.5 Å². The molecule has 0 saturated heterocycles. The molecular weight excluding hydrogens is 117 g/mol. The SMILES string of the molecule is Cc1cc(C)nc(F)c1. The maximum Gasteiger partial charge on any atom is 0.213 e. The maximum atomic E-state index is 12.3. The van der Waals surface area contributed by atoms with Gasteiger partial charge in [-0.1, -0.05) is 0 Å². The van der Waals surface area contributed by atoms with E-state index in [0.29, 0.717) is 0 Å². The van der Waals surface area contributed by atoms with E-state index in [1.54, 1.807) is 6.92 Å². The molecule has 0 N–H and O–H groups in total. The first-order valence-electron chi connectivity index (χ1n) is 2.79. The number of aromatic nitrogens is 1. The predicted octanol–water partition coefficient (Wildman–Crippen LogP) is 1.84.